The Morgan fingerprint density at radius 2 is 2.09 bits per heavy atom. The maximum atomic E-state index is 12.4. The number of hydrogen-bond donors (Lipinski definition) is 0. The van der Waals surface area contributed by atoms with Gasteiger partial charge < -0.3 is 9.47 Å². The van der Waals surface area contributed by atoms with Crippen molar-refractivity contribution in [3.05, 3.63) is 41.6 Å². The fourth-order valence-corrected chi connectivity index (χ4v) is 1.91. The van der Waals surface area contributed by atoms with Gasteiger partial charge in [0.2, 0.25) is 5.88 Å². The highest BCUT2D eigenvalue weighted by molar-refractivity contribution is 6.68. The fourth-order valence-electron chi connectivity index (χ4n) is 1.74. The van der Waals surface area contributed by atoms with Gasteiger partial charge >= 0.3 is 6.36 Å². The second-order valence-corrected chi connectivity index (χ2v) is 4.56. The van der Waals surface area contributed by atoms with E-state index >= 15 is 0 Å². The number of alkyl halides is 3. The number of halogens is 4. The molecule has 1 heterocycles. The zero-order chi connectivity index (χ0) is 16.3. The van der Waals surface area contributed by atoms with Crippen molar-refractivity contribution >= 4 is 16.8 Å². The third-order valence-electron chi connectivity index (χ3n) is 2.62. The van der Waals surface area contributed by atoms with Crippen molar-refractivity contribution in [2.45, 2.75) is 13.0 Å². The molecule has 22 heavy (non-hydrogen) atoms. The second-order valence-electron chi connectivity index (χ2n) is 4.22. The number of carbonyl (C=O) groups excluding carboxylic acids is 1. The molecule has 0 bridgehead atoms. The lowest BCUT2D eigenvalue weighted by Gasteiger charge is -2.15. The minimum absolute atomic E-state index is 0.106. The highest BCUT2D eigenvalue weighted by atomic mass is 35.5. The molecule has 0 aliphatic rings. The highest BCUT2D eigenvalue weighted by Crippen LogP contribution is 2.30. The second kappa shape index (κ2) is 6.27. The lowest BCUT2D eigenvalue weighted by Crippen LogP contribution is -2.19. The average molecular weight is 335 g/mol. The van der Waals surface area contributed by atoms with Crippen molar-refractivity contribution in [3.8, 4) is 11.6 Å². The zero-order valence-corrected chi connectivity index (χ0v) is 12.0. The summed E-state index contributed by atoms with van der Waals surface area (Å²) in [6.45, 7) is -0.350. The number of aryl methyl sites for hydroxylation is 1. The van der Waals surface area contributed by atoms with Crippen LogP contribution in [-0.2, 0) is 13.7 Å². The largest absolute Gasteiger partial charge is 0.573 e. The van der Waals surface area contributed by atoms with Crippen LogP contribution in [0.1, 0.15) is 15.9 Å². The van der Waals surface area contributed by atoms with Gasteiger partial charge in [0.25, 0.3) is 5.24 Å². The van der Waals surface area contributed by atoms with Gasteiger partial charge in [0.15, 0.2) is 0 Å². The molecule has 118 valence electrons. The summed E-state index contributed by atoms with van der Waals surface area (Å²) in [5, 5.41) is 3.01. The van der Waals surface area contributed by atoms with Gasteiger partial charge in [-0.1, -0.05) is 6.07 Å². The Kier molecular flexibility index (Phi) is 4.60. The van der Waals surface area contributed by atoms with Crippen LogP contribution in [-0.4, -0.2) is 21.4 Å². The van der Waals surface area contributed by atoms with Crippen molar-refractivity contribution in [3.63, 3.8) is 0 Å². The highest BCUT2D eigenvalue weighted by Gasteiger charge is 2.33. The van der Waals surface area contributed by atoms with E-state index < -0.39 is 17.4 Å². The molecule has 9 heteroatoms. The Labute approximate surface area is 128 Å². The normalized spacial score (nSPS) is 11.3. The quantitative estimate of drug-likeness (QED) is 0.787. The van der Waals surface area contributed by atoms with E-state index in [-0.39, 0.29) is 23.6 Å². The van der Waals surface area contributed by atoms with Crippen LogP contribution in [0, 0.1) is 0 Å². The van der Waals surface area contributed by atoms with Crippen LogP contribution in [0.5, 0.6) is 11.6 Å². The number of ether oxygens (including phenoxy) is 2. The van der Waals surface area contributed by atoms with Gasteiger partial charge in [-0.25, -0.2) is 0 Å². The molecule has 1 aromatic heterocycles. The van der Waals surface area contributed by atoms with Crippen molar-refractivity contribution in [2.75, 3.05) is 0 Å². The first-order chi connectivity index (χ1) is 10.3. The van der Waals surface area contributed by atoms with E-state index in [0.717, 1.165) is 6.07 Å². The minimum atomic E-state index is -4.90. The SMILES string of the molecule is Cn1ccc(OCc2c(OC(F)(F)F)cccc2C(=O)Cl)n1. The minimum Gasteiger partial charge on any atom is -0.472 e. The Bertz CT molecular complexity index is 685. The number of aromatic nitrogens is 2. The van der Waals surface area contributed by atoms with Crippen molar-refractivity contribution in [1.29, 1.82) is 0 Å². The summed E-state index contributed by atoms with van der Waals surface area (Å²) in [7, 11) is 1.65. The monoisotopic (exact) mass is 334 g/mol. The van der Waals surface area contributed by atoms with Crippen LogP contribution in [0.25, 0.3) is 0 Å². The Morgan fingerprint density at radius 1 is 1.36 bits per heavy atom. The van der Waals surface area contributed by atoms with E-state index in [1.54, 1.807) is 13.2 Å². The summed E-state index contributed by atoms with van der Waals surface area (Å²) in [6.07, 6.45) is -3.30. The smallest absolute Gasteiger partial charge is 0.472 e. The standard InChI is InChI=1S/C13H10ClF3N2O3/c1-19-6-5-11(18-19)21-7-9-8(12(14)20)3-2-4-10(9)22-13(15,16)17/h2-6H,7H2,1H3. The van der Waals surface area contributed by atoms with Gasteiger partial charge in [0.1, 0.15) is 12.4 Å². The van der Waals surface area contributed by atoms with Gasteiger partial charge in [-0.05, 0) is 23.7 Å². The topological polar surface area (TPSA) is 53.4 Å². The molecule has 0 fully saturated rings. The van der Waals surface area contributed by atoms with E-state index in [2.05, 4.69) is 9.84 Å². The van der Waals surface area contributed by atoms with Crippen LogP contribution >= 0.6 is 11.6 Å². The predicted molar refractivity (Wildman–Crippen MR) is 70.8 cm³/mol. The van der Waals surface area contributed by atoms with Crippen molar-refractivity contribution in [2.24, 2.45) is 7.05 Å². The molecule has 0 unspecified atom stereocenters. The molecule has 0 saturated carbocycles. The summed E-state index contributed by atoms with van der Waals surface area (Å²) in [5.41, 5.74) is -0.232. The molecule has 0 aliphatic heterocycles. The Hall–Kier alpha value is -2.22. The Balaban J connectivity index is 2.30. The molecule has 5 nitrogen and oxygen atoms in total. The van der Waals surface area contributed by atoms with E-state index in [1.807, 2.05) is 0 Å². The van der Waals surface area contributed by atoms with Gasteiger partial charge in [-0.3, -0.25) is 9.48 Å². The van der Waals surface area contributed by atoms with Gasteiger partial charge in [-0.15, -0.1) is 18.3 Å². The molecule has 0 N–H and O–H groups in total. The number of hydrogen-bond acceptors (Lipinski definition) is 4. The summed E-state index contributed by atoms with van der Waals surface area (Å²) < 4.78 is 47.9. The molecule has 2 rings (SSSR count). The lowest BCUT2D eigenvalue weighted by atomic mass is 10.1. The summed E-state index contributed by atoms with van der Waals surface area (Å²) in [5.74, 6) is -0.354. The van der Waals surface area contributed by atoms with E-state index in [1.165, 1.54) is 22.9 Å². The Morgan fingerprint density at radius 3 is 2.64 bits per heavy atom. The maximum absolute atomic E-state index is 12.4. The number of rotatable bonds is 5. The lowest BCUT2D eigenvalue weighted by molar-refractivity contribution is -0.275. The van der Waals surface area contributed by atoms with E-state index in [4.69, 9.17) is 16.3 Å². The van der Waals surface area contributed by atoms with Crippen LogP contribution in [0.3, 0.4) is 0 Å². The third-order valence-corrected chi connectivity index (χ3v) is 2.83. The summed E-state index contributed by atoms with van der Waals surface area (Å²) in [4.78, 5) is 11.4. The van der Waals surface area contributed by atoms with Gasteiger partial charge in [-0.2, -0.15) is 0 Å². The zero-order valence-electron chi connectivity index (χ0n) is 11.2. The third kappa shape index (κ3) is 4.14. The first-order valence-corrected chi connectivity index (χ1v) is 6.34. The molecule has 0 saturated heterocycles. The summed E-state index contributed by atoms with van der Waals surface area (Å²) >= 11 is 5.39. The maximum Gasteiger partial charge on any atom is 0.573 e. The number of nitrogens with zero attached hydrogens (tertiary/aromatic N) is 2. The average Bonchev–Trinajstić information content (AvgIpc) is 2.81. The van der Waals surface area contributed by atoms with Crippen molar-refractivity contribution < 1.29 is 27.4 Å². The molecule has 2 aromatic rings. The molecule has 0 radical (unpaired) electrons. The fraction of sp³-hybridized carbons (Fsp3) is 0.231. The first-order valence-electron chi connectivity index (χ1n) is 5.96. The molecule has 0 amide bonds. The molecule has 0 atom stereocenters. The van der Waals surface area contributed by atoms with Gasteiger partial charge in [0, 0.05) is 30.4 Å². The molecule has 0 aliphatic carbocycles. The van der Waals surface area contributed by atoms with Crippen LogP contribution < -0.4 is 9.47 Å². The van der Waals surface area contributed by atoms with Gasteiger partial charge in [0.05, 0.1) is 0 Å². The molecule has 0 spiro atoms. The van der Waals surface area contributed by atoms with Crippen LogP contribution in [0.15, 0.2) is 30.5 Å². The van der Waals surface area contributed by atoms with Crippen LogP contribution in [0.2, 0.25) is 0 Å². The molecule has 1 aromatic carbocycles. The number of carbonyl (C=O) groups is 1. The number of benzene rings is 1. The molecular formula is C13H10ClF3N2O3. The van der Waals surface area contributed by atoms with E-state index in [9.17, 15) is 18.0 Å². The molecular weight excluding hydrogens is 325 g/mol. The van der Waals surface area contributed by atoms with E-state index in [0.29, 0.717) is 0 Å². The van der Waals surface area contributed by atoms with Crippen molar-refractivity contribution in [1.82, 2.24) is 9.78 Å². The first kappa shape index (κ1) is 16.2. The summed E-state index contributed by atoms with van der Waals surface area (Å²) in [6, 6.07) is 5.12. The van der Waals surface area contributed by atoms with Crippen LogP contribution in [0.4, 0.5) is 13.2 Å². The predicted octanol–water partition coefficient (Wildman–Crippen LogP) is 3.28.